The molecule has 1 saturated heterocycles. The Morgan fingerprint density at radius 2 is 2.21 bits per heavy atom. The van der Waals surface area contributed by atoms with E-state index in [4.69, 9.17) is 14.6 Å². The first-order chi connectivity index (χ1) is 9.11. The Kier molecular flexibility index (Phi) is 4.90. The van der Waals surface area contributed by atoms with Gasteiger partial charge >= 0.3 is 5.97 Å². The third kappa shape index (κ3) is 3.52. The van der Waals surface area contributed by atoms with Gasteiger partial charge in [0.05, 0.1) is 18.6 Å². The Bertz CT molecular complexity index is 325. The summed E-state index contributed by atoms with van der Waals surface area (Å²) in [6, 6.07) is 0. The quantitative estimate of drug-likeness (QED) is 0.711. The topological polar surface area (TPSA) is 93.1 Å². The van der Waals surface area contributed by atoms with Crippen molar-refractivity contribution in [2.45, 2.75) is 50.6 Å². The van der Waals surface area contributed by atoms with E-state index in [2.05, 4.69) is 0 Å². The molecule has 2 fully saturated rings. The molecule has 1 aliphatic carbocycles. The third-order valence-corrected chi connectivity index (χ3v) is 3.92. The van der Waals surface area contributed by atoms with Crippen LogP contribution in [0.2, 0.25) is 0 Å². The molecule has 1 unspecified atom stereocenters. The number of rotatable bonds is 5. The van der Waals surface area contributed by atoms with Crippen LogP contribution in [0.15, 0.2) is 0 Å². The molecule has 2 N–H and O–H groups in total. The Balaban J connectivity index is 1.96. The lowest BCUT2D eigenvalue weighted by Crippen LogP contribution is -2.32. The van der Waals surface area contributed by atoms with Crippen LogP contribution in [0.25, 0.3) is 0 Å². The first-order valence-corrected chi connectivity index (χ1v) is 6.74. The molecule has 5 atom stereocenters. The van der Waals surface area contributed by atoms with Crippen LogP contribution in [0.5, 0.6) is 0 Å². The summed E-state index contributed by atoms with van der Waals surface area (Å²) in [7, 11) is 0. The van der Waals surface area contributed by atoms with Crippen LogP contribution in [0.1, 0.15) is 32.1 Å². The number of carbonyl (C=O) groups excluding carboxylic acids is 1. The summed E-state index contributed by atoms with van der Waals surface area (Å²) in [4.78, 5) is 21.9. The van der Waals surface area contributed by atoms with Crippen molar-refractivity contribution >= 4 is 12.3 Å². The normalized spacial score (nSPS) is 39.1. The summed E-state index contributed by atoms with van der Waals surface area (Å²) in [6.45, 7) is 0.643. The lowest BCUT2D eigenvalue weighted by Gasteiger charge is -2.27. The number of ether oxygens (including phenoxy) is 2. The minimum Gasteiger partial charge on any atom is -0.481 e. The van der Waals surface area contributed by atoms with E-state index in [1.54, 1.807) is 0 Å². The molecule has 0 amide bonds. The molecule has 6 heteroatoms. The summed E-state index contributed by atoms with van der Waals surface area (Å²) in [5, 5.41) is 18.7. The Morgan fingerprint density at radius 1 is 1.42 bits per heavy atom. The van der Waals surface area contributed by atoms with Crippen molar-refractivity contribution in [1.29, 1.82) is 0 Å². The fourth-order valence-electron chi connectivity index (χ4n) is 2.92. The number of hydrogen-bond acceptors (Lipinski definition) is 5. The van der Waals surface area contributed by atoms with Crippen molar-refractivity contribution in [2.75, 3.05) is 6.61 Å². The van der Waals surface area contributed by atoms with Gasteiger partial charge in [-0.15, -0.1) is 0 Å². The van der Waals surface area contributed by atoms with E-state index in [1.807, 2.05) is 0 Å². The lowest BCUT2D eigenvalue weighted by molar-refractivity contribution is -0.195. The first-order valence-electron chi connectivity index (χ1n) is 6.74. The highest BCUT2D eigenvalue weighted by Crippen LogP contribution is 2.37. The van der Waals surface area contributed by atoms with E-state index >= 15 is 0 Å². The molecule has 108 valence electrons. The summed E-state index contributed by atoms with van der Waals surface area (Å²) in [6.07, 6.45) is 2.00. The third-order valence-electron chi connectivity index (χ3n) is 3.92. The molecule has 19 heavy (non-hydrogen) atoms. The highest BCUT2D eigenvalue weighted by molar-refractivity contribution is 5.68. The molecule has 2 aliphatic rings. The van der Waals surface area contributed by atoms with Gasteiger partial charge in [-0.2, -0.15) is 0 Å². The van der Waals surface area contributed by atoms with E-state index in [-0.39, 0.29) is 12.7 Å². The summed E-state index contributed by atoms with van der Waals surface area (Å²) < 4.78 is 11.2. The first kappa shape index (κ1) is 14.4. The molecule has 2 rings (SSSR count). The highest BCUT2D eigenvalue weighted by Gasteiger charge is 2.45. The molecule has 1 saturated carbocycles. The van der Waals surface area contributed by atoms with Crippen LogP contribution in [0.4, 0.5) is 0 Å². The minimum absolute atomic E-state index is 0.212. The zero-order chi connectivity index (χ0) is 13.8. The van der Waals surface area contributed by atoms with Gasteiger partial charge in [0, 0.05) is 24.9 Å². The maximum atomic E-state index is 11.2. The maximum absolute atomic E-state index is 11.2. The Hall–Kier alpha value is -0.980. The molecule has 0 radical (unpaired) electrons. The second-order valence-corrected chi connectivity index (χ2v) is 5.25. The molecule has 0 aromatic rings. The van der Waals surface area contributed by atoms with Crippen molar-refractivity contribution in [3.63, 3.8) is 0 Å². The SMILES string of the molecule is O=C[C@H]1[C@H](CC(=O)O)[C@H](O)C[C@@H]1OC1CCCCO1. The number of carboxylic acid groups (broad SMARTS) is 1. The summed E-state index contributed by atoms with van der Waals surface area (Å²) >= 11 is 0. The van der Waals surface area contributed by atoms with E-state index in [0.717, 1.165) is 19.3 Å². The highest BCUT2D eigenvalue weighted by atomic mass is 16.7. The molecular weight excluding hydrogens is 252 g/mol. The van der Waals surface area contributed by atoms with Crippen LogP contribution >= 0.6 is 0 Å². The van der Waals surface area contributed by atoms with Gasteiger partial charge in [0.2, 0.25) is 0 Å². The van der Waals surface area contributed by atoms with E-state index in [1.165, 1.54) is 0 Å². The Morgan fingerprint density at radius 3 is 2.79 bits per heavy atom. The Labute approximate surface area is 111 Å². The molecular formula is C13H20O6. The zero-order valence-electron chi connectivity index (χ0n) is 10.7. The van der Waals surface area contributed by atoms with Crippen LogP contribution in [0, 0.1) is 11.8 Å². The summed E-state index contributed by atoms with van der Waals surface area (Å²) in [5.41, 5.74) is 0. The molecule has 0 aromatic carbocycles. The number of hydrogen-bond donors (Lipinski definition) is 2. The van der Waals surface area contributed by atoms with Crippen molar-refractivity contribution in [1.82, 2.24) is 0 Å². The number of carbonyl (C=O) groups is 2. The fraction of sp³-hybridized carbons (Fsp3) is 0.846. The average Bonchev–Trinajstić information content (AvgIpc) is 2.66. The van der Waals surface area contributed by atoms with Crippen molar-refractivity contribution in [2.24, 2.45) is 11.8 Å². The van der Waals surface area contributed by atoms with E-state index in [9.17, 15) is 14.7 Å². The number of aliphatic carboxylic acids is 1. The van der Waals surface area contributed by atoms with E-state index in [0.29, 0.717) is 19.3 Å². The number of aliphatic hydroxyl groups is 1. The van der Waals surface area contributed by atoms with Gasteiger partial charge in [-0.3, -0.25) is 4.79 Å². The summed E-state index contributed by atoms with van der Waals surface area (Å²) in [5.74, 6) is -2.15. The number of aldehydes is 1. The number of aliphatic hydroxyl groups excluding tert-OH is 1. The monoisotopic (exact) mass is 272 g/mol. The van der Waals surface area contributed by atoms with Gasteiger partial charge in [-0.05, 0) is 19.3 Å². The predicted molar refractivity (Wildman–Crippen MR) is 64.4 cm³/mol. The second-order valence-electron chi connectivity index (χ2n) is 5.25. The standard InChI is InChI=1S/C13H20O6/c14-7-9-8(5-12(16)17)10(15)6-11(9)19-13-3-1-2-4-18-13/h7-11,13,15H,1-6H2,(H,16,17)/t8-,9-,10+,11-,13?/m0/s1. The number of carboxylic acids is 1. The van der Waals surface area contributed by atoms with Crippen LogP contribution < -0.4 is 0 Å². The van der Waals surface area contributed by atoms with Crippen LogP contribution in [-0.4, -0.2) is 47.6 Å². The zero-order valence-corrected chi connectivity index (χ0v) is 10.7. The molecule has 1 aliphatic heterocycles. The van der Waals surface area contributed by atoms with Gasteiger partial charge in [0.25, 0.3) is 0 Å². The smallest absolute Gasteiger partial charge is 0.303 e. The minimum atomic E-state index is -1.01. The van der Waals surface area contributed by atoms with E-state index < -0.39 is 30.0 Å². The lowest BCUT2D eigenvalue weighted by atomic mass is 9.92. The van der Waals surface area contributed by atoms with Gasteiger partial charge in [0.15, 0.2) is 6.29 Å². The van der Waals surface area contributed by atoms with Crippen molar-refractivity contribution in [3.05, 3.63) is 0 Å². The molecule has 1 heterocycles. The largest absolute Gasteiger partial charge is 0.481 e. The second kappa shape index (κ2) is 6.45. The average molecular weight is 272 g/mol. The molecule has 0 bridgehead atoms. The molecule has 0 aromatic heterocycles. The van der Waals surface area contributed by atoms with Gasteiger partial charge in [0.1, 0.15) is 6.29 Å². The van der Waals surface area contributed by atoms with Gasteiger partial charge in [-0.25, -0.2) is 0 Å². The van der Waals surface area contributed by atoms with Crippen LogP contribution in [-0.2, 0) is 19.1 Å². The van der Waals surface area contributed by atoms with Gasteiger partial charge in [-0.1, -0.05) is 0 Å². The molecule has 6 nitrogen and oxygen atoms in total. The van der Waals surface area contributed by atoms with Gasteiger partial charge < -0.3 is 24.5 Å². The predicted octanol–water partition coefficient (Wildman–Crippen LogP) is 0.569. The maximum Gasteiger partial charge on any atom is 0.303 e. The fourth-order valence-corrected chi connectivity index (χ4v) is 2.92. The molecule has 0 spiro atoms. The van der Waals surface area contributed by atoms with Crippen LogP contribution in [0.3, 0.4) is 0 Å². The van der Waals surface area contributed by atoms with Crippen molar-refractivity contribution in [3.8, 4) is 0 Å². The van der Waals surface area contributed by atoms with Crippen molar-refractivity contribution < 1.29 is 29.3 Å².